The summed E-state index contributed by atoms with van der Waals surface area (Å²) >= 11 is 0. The van der Waals surface area contributed by atoms with E-state index in [4.69, 9.17) is 0 Å². The lowest BCUT2D eigenvalue weighted by Crippen LogP contribution is -2.45. The van der Waals surface area contributed by atoms with E-state index in [9.17, 15) is 8.78 Å². The summed E-state index contributed by atoms with van der Waals surface area (Å²) in [6, 6.07) is 4.00. The van der Waals surface area contributed by atoms with Crippen LogP contribution in [0.2, 0.25) is 0 Å². The summed E-state index contributed by atoms with van der Waals surface area (Å²) in [5.41, 5.74) is 2.70. The third-order valence-corrected chi connectivity index (χ3v) is 4.64. The number of aryl methyl sites for hydroxylation is 1. The standard InChI is InChI=1S/C19H25F2N5.HI/c1-12(2)26-11-13-4-6-16(9-18(13)25-26)24-19(22-3)23-10-14-8-15(20)5-7-17(14)21;/h5,7-8,11-12,16H,4,6,9-10H2,1-3H3,(H2,22,23,24);1H. The molecule has 1 aromatic heterocycles. The van der Waals surface area contributed by atoms with Gasteiger partial charge in [0.25, 0.3) is 0 Å². The van der Waals surface area contributed by atoms with E-state index >= 15 is 0 Å². The number of guanidine groups is 1. The van der Waals surface area contributed by atoms with Crippen LogP contribution in [-0.2, 0) is 19.4 Å². The third kappa shape index (κ3) is 5.40. The van der Waals surface area contributed by atoms with E-state index in [-0.39, 0.29) is 42.1 Å². The number of nitrogens with zero attached hydrogens (tertiary/aromatic N) is 3. The average Bonchev–Trinajstić information content (AvgIpc) is 3.05. The molecule has 1 aliphatic rings. The van der Waals surface area contributed by atoms with Crippen LogP contribution in [0.3, 0.4) is 0 Å². The van der Waals surface area contributed by atoms with Gasteiger partial charge in [0, 0.05) is 43.9 Å². The van der Waals surface area contributed by atoms with Gasteiger partial charge in [0.15, 0.2) is 5.96 Å². The summed E-state index contributed by atoms with van der Waals surface area (Å²) in [7, 11) is 1.67. The van der Waals surface area contributed by atoms with Crippen LogP contribution < -0.4 is 10.6 Å². The number of aromatic nitrogens is 2. The zero-order valence-electron chi connectivity index (χ0n) is 15.8. The molecule has 2 N–H and O–H groups in total. The molecule has 1 heterocycles. The van der Waals surface area contributed by atoms with Gasteiger partial charge >= 0.3 is 0 Å². The van der Waals surface area contributed by atoms with Crippen LogP contribution in [0.25, 0.3) is 0 Å². The maximum absolute atomic E-state index is 13.7. The maximum atomic E-state index is 13.7. The van der Waals surface area contributed by atoms with Gasteiger partial charge in [0.05, 0.1) is 5.69 Å². The van der Waals surface area contributed by atoms with Crippen molar-refractivity contribution in [3.8, 4) is 0 Å². The number of aliphatic imine (C=N–C) groups is 1. The quantitative estimate of drug-likeness (QED) is 0.392. The first kappa shape index (κ1) is 21.6. The van der Waals surface area contributed by atoms with Crippen molar-refractivity contribution < 1.29 is 8.78 Å². The number of nitrogens with one attached hydrogen (secondary N) is 2. The Kier molecular flexibility index (Phi) is 7.58. The molecule has 0 spiro atoms. The Hall–Kier alpha value is -1.71. The van der Waals surface area contributed by atoms with E-state index in [1.807, 2.05) is 4.68 Å². The van der Waals surface area contributed by atoms with Crippen molar-refractivity contribution in [2.75, 3.05) is 7.05 Å². The highest BCUT2D eigenvalue weighted by Crippen LogP contribution is 2.21. The van der Waals surface area contributed by atoms with Crippen LogP contribution in [0, 0.1) is 11.6 Å². The van der Waals surface area contributed by atoms with E-state index in [2.05, 4.69) is 40.8 Å². The van der Waals surface area contributed by atoms with E-state index in [1.165, 1.54) is 11.6 Å². The number of hydrogen-bond donors (Lipinski definition) is 2. The van der Waals surface area contributed by atoms with Crippen molar-refractivity contribution in [1.29, 1.82) is 0 Å². The van der Waals surface area contributed by atoms with Gasteiger partial charge in [-0.3, -0.25) is 9.67 Å². The molecule has 0 radical (unpaired) electrons. The summed E-state index contributed by atoms with van der Waals surface area (Å²) in [4.78, 5) is 4.19. The lowest BCUT2D eigenvalue weighted by Gasteiger charge is -2.24. The fraction of sp³-hybridized carbons (Fsp3) is 0.474. The molecular formula is C19H26F2IN5. The van der Waals surface area contributed by atoms with Gasteiger partial charge in [-0.05, 0) is 50.5 Å². The fourth-order valence-corrected chi connectivity index (χ4v) is 3.15. The molecule has 0 aliphatic heterocycles. The lowest BCUT2D eigenvalue weighted by molar-refractivity contribution is 0.499. The van der Waals surface area contributed by atoms with E-state index in [1.54, 1.807) is 7.05 Å². The topological polar surface area (TPSA) is 54.2 Å². The van der Waals surface area contributed by atoms with Crippen molar-refractivity contribution >= 4 is 29.9 Å². The molecule has 0 saturated heterocycles. The van der Waals surface area contributed by atoms with Crippen molar-refractivity contribution in [1.82, 2.24) is 20.4 Å². The molecule has 2 aromatic rings. The molecule has 1 aliphatic carbocycles. The predicted octanol–water partition coefficient (Wildman–Crippen LogP) is 3.58. The second-order valence-corrected chi connectivity index (χ2v) is 6.92. The normalized spacial score (nSPS) is 16.7. The number of benzene rings is 1. The molecule has 1 atom stereocenters. The molecule has 1 unspecified atom stereocenters. The third-order valence-electron chi connectivity index (χ3n) is 4.64. The van der Waals surface area contributed by atoms with Gasteiger partial charge in [0.1, 0.15) is 11.6 Å². The minimum Gasteiger partial charge on any atom is -0.353 e. The average molecular weight is 489 g/mol. The second-order valence-electron chi connectivity index (χ2n) is 6.92. The summed E-state index contributed by atoms with van der Waals surface area (Å²) < 4.78 is 29.0. The Labute approximate surface area is 175 Å². The molecule has 0 saturated carbocycles. The highest BCUT2D eigenvalue weighted by atomic mass is 127. The minimum absolute atomic E-state index is 0. The molecule has 5 nitrogen and oxygen atoms in total. The lowest BCUT2D eigenvalue weighted by atomic mass is 9.94. The zero-order valence-corrected chi connectivity index (χ0v) is 18.1. The summed E-state index contributed by atoms with van der Waals surface area (Å²) in [6.07, 6.45) is 4.90. The molecule has 3 rings (SSSR count). The molecular weight excluding hydrogens is 463 g/mol. The first-order valence-electron chi connectivity index (χ1n) is 8.94. The van der Waals surface area contributed by atoms with Crippen molar-refractivity contribution in [3.63, 3.8) is 0 Å². The monoisotopic (exact) mass is 489 g/mol. The van der Waals surface area contributed by atoms with Gasteiger partial charge in [-0.2, -0.15) is 5.10 Å². The van der Waals surface area contributed by atoms with E-state index < -0.39 is 11.6 Å². The molecule has 0 bridgehead atoms. The minimum atomic E-state index is -0.452. The Morgan fingerprint density at radius 1 is 1.37 bits per heavy atom. The van der Waals surface area contributed by atoms with Crippen molar-refractivity contribution in [3.05, 3.63) is 52.9 Å². The predicted molar refractivity (Wildman–Crippen MR) is 114 cm³/mol. The van der Waals surface area contributed by atoms with Crippen LogP contribution in [0.4, 0.5) is 8.78 Å². The summed E-state index contributed by atoms with van der Waals surface area (Å²) in [5.74, 6) is -0.312. The molecule has 0 fully saturated rings. The zero-order chi connectivity index (χ0) is 18.7. The van der Waals surface area contributed by atoms with E-state index in [0.29, 0.717) is 12.0 Å². The van der Waals surface area contributed by atoms with Crippen LogP contribution in [0.5, 0.6) is 0 Å². The van der Waals surface area contributed by atoms with Crippen LogP contribution in [0.1, 0.15) is 43.1 Å². The molecule has 148 valence electrons. The number of halogens is 3. The Balaban J connectivity index is 0.00000261. The Morgan fingerprint density at radius 2 is 2.15 bits per heavy atom. The fourth-order valence-electron chi connectivity index (χ4n) is 3.15. The van der Waals surface area contributed by atoms with Gasteiger partial charge in [-0.15, -0.1) is 24.0 Å². The summed E-state index contributed by atoms with van der Waals surface area (Å²) in [6.45, 7) is 4.40. The highest BCUT2D eigenvalue weighted by Gasteiger charge is 2.23. The maximum Gasteiger partial charge on any atom is 0.191 e. The highest BCUT2D eigenvalue weighted by molar-refractivity contribution is 14.0. The van der Waals surface area contributed by atoms with Crippen molar-refractivity contribution in [2.45, 2.75) is 51.7 Å². The second kappa shape index (κ2) is 9.48. The van der Waals surface area contributed by atoms with Crippen LogP contribution >= 0.6 is 24.0 Å². The van der Waals surface area contributed by atoms with Gasteiger partial charge < -0.3 is 10.6 Å². The number of fused-ring (bicyclic) bond motifs is 1. The van der Waals surface area contributed by atoms with Crippen LogP contribution in [0.15, 0.2) is 29.4 Å². The Bertz CT molecular complexity index is 803. The first-order chi connectivity index (χ1) is 12.5. The number of hydrogen-bond acceptors (Lipinski definition) is 2. The largest absolute Gasteiger partial charge is 0.353 e. The Morgan fingerprint density at radius 3 is 2.85 bits per heavy atom. The van der Waals surface area contributed by atoms with Gasteiger partial charge in [-0.1, -0.05) is 0 Å². The smallest absolute Gasteiger partial charge is 0.191 e. The van der Waals surface area contributed by atoms with Gasteiger partial charge in [-0.25, -0.2) is 8.78 Å². The SMILES string of the molecule is CN=C(NCc1cc(F)ccc1F)NC1CCc2cn(C(C)C)nc2C1.I. The molecule has 27 heavy (non-hydrogen) atoms. The molecule has 0 amide bonds. The summed E-state index contributed by atoms with van der Waals surface area (Å²) in [5, 5.41) is 11.1. The van der Waals surface area contributed by atoms with Crippen molar-refractivity contribution in [2.24, 2.45) is 4.99 Å². The van der Waals surface area contributed by atoms with E-state index in [0.717, 1.165) is 37.1 Å². The molecule has 1 aromatic carbocycles. The molecule has 8 heteroatoms. The van der Waals surface area contributed by atoms with Crippen LogP contribution in [-0.4, -0.2) is 28.8 Å². The van der Waals surface area contributed by atoms with Gasteiger partial charge in [0.2, 0.25) is 0 Å². The number of rotatable bonds is 4. The first-order valence-corrected chi connectivity index (χ1v) is 8.94.